The highest BCUT2D eigenvalue weighted by molar-refractivity contribution is 6.76. The second-order valence-electron chi connectivity index (χ2n) is 8.10. The van der Waals surface area contributed by atoms with Crippen molar-refractivity contribution in [1.29, 1.82) is 0 Å². The van der Waals surface area contributed by atoms with Gasteiger partial charge in [0, 0.05) is 8.07 Å². The van der Waals surface area contributed by atoms with E-state index >= 15 is 0 Å². The van der Waals surface area contributed by atoms with Crippen molar-refractivity contribution in [3.63, 3.8) is 0 Å². The summed E-state index contributed by atoms with van der Waals surface area (Å²) in [4.78, 5) is 11.8. The van der Waals surface area contributed by atoms with Gasteiger partial charge >= 0.3 is 6.09 Å². The van der Waals surface area contributed by atoms with Crippen molar-refractivity contribution in [3.8, 4) is 0 Å². The van der Waals surface area contributed by atoms with Gasteiger partial charge in [-0.15, -0.1) is 0 Å². The molecular weight excluding hydrogens is 258 g/mol. The largest absolute Gasteiger partial charge is 0.444 e. The van der Waals surface area contributed by atoms with Crippen LogP contribution in [-0.2, 0) is 4.74 Å². The van der Waals surface area contributed by atoms with Crippen LogP contribution in [0.15, 0.2) is 0 Å². The molecule has 0 bridgehead atoms. The first-order valence-electron chi connectivity index (χ1n) is 7.07. The Morgan fingerprint density at radius 3 is 2.26 bits per heavy atom. The molecule has 1 aliphatic carbocycles. The van der Waals surface area contributed by atoms with Crippen molar-refractivity contribution in [2.24, 2.45) is 5.92 Å². The summed E-state index contributed by atoms with van der Waals surface area (Å²) in [5, 5.41) is 12.4. The minimum Gasteiger partial charge on any atom is -0.444 e. The van der Waals surface area contributed by atoms with Gasteiger partial charge in [-0.05, 0) is 39.5 Å². The standard InChI is InChI=1S/C14H29NO3Si/c1-13(2,3)18-12(17)15-14(10-16)7-11(8-14)9-19(4,5)6/h11,16H,7-10H2,1-6H3,(H,15,17). The van der Waals surface area contributed by atoms with Crippen LogP contribution < -0.4 is 5.32 Å². The van der Waals surface area contributed by atoms with Gasteiger partial charge in [-0.3, -0.25) is 0 Å². The highest BCUT2D eigenvalue weighted by atomic mass is 28.3. The fourth-order valence-corrected chi connectivity index (χ4v) is 4.87. The van der Waals surface area contributed by atoms with Gasteiger partial charge in [0.05, 0.1) is 12.1 Å². The lowest BCUT2D eigenvalue weighted by atomic mass is 9.69. The summed E-state index contributed by atoms with van der Waals surface area (Å²) >= 11 is 0. The van der Waals surface area contributed by atoms with Gasteiger partial charge in [-0.1, -0.05) is 25.7 Å². The maximum Gasteiger partial charge on any atom is 0.408 e. The van der Waals surface area contributed by atoms with E-state index in [4.69, 9.17) is 4.74 Å². The van der Waals surface area contributed by atoms with E-state index in [1.54, 1.807) is 0 Å². The van der Waals surface area contributed by atoms with E-state index in [1.165, 1.54) is 6.04 Å². The lowest BCUT2D eigenvalue weighted by Gasteiger charge is -2.48. The molecule has 1 saturated carbocycles. The van der Waals surface area contributed by atoms with E-state index in [2.05, 4.69) is 25.0 Å². The molecule has 2 N–H and O–H groups in total. The Morgan fingerprint density at radius 1 is 1.37 bits per heavy atom. The van der Waals surface area contributed by atoms with Crippen LogP contribution in [0.1, 0.15) is 33.6 Å². The average molecular weight is 287 g/mol. The fourth-order valence-electron chi connectivity index (χ4n) is 2.85. The van der Waals surface area contributed by atoms with Crippen LogP contribution in [0.4, 0.5) is 4.79 Å². The lowest BCUT2D eigenvalue weighted by Crippen LogP contribution is -2.61. The van der Waals surface area contributed by atoms with Crippen LogP contribution in [0.5, 0.6) is 0 Å². The Bertz CT molecular complexity index is 325. The van der Waals surface area contributed by atoms with E-state index in [-0.39, 0.29) is 6.61 Å². The van der Waals surface area contributed by atoms with Gasteiger partial charge in [-0.2, -0.15) is 0 Å². The summed E-state index contributed by atoms with van der Waals surface area (Å²) in [6, 6.07) is 1.25. The van der Waals surface area contributed by atoms with Crippen LogP contribution in [0, 0.1) is 5.92 Å². The number of aliphatic hydroxyl groups is 1. The normalized spacial score (nSPS) is 27.6. The minimum absolute atomic E-state index is 0.00551. The molecule has 0 aromatic rings. The Hall–Kier alpha value is -0.553. The molecule has 1 aliphatic rings. The molecule has 0 spiro atoms. The number of alkyl carbamates (subject to hydrolysis) is 1. The number of amides is 1. The second-order valence-corrected chi connectivity index (χ2v) is 13.6. The first kappa shape index (κ1) is 16.5. The molecule has 0 aromatic heterocycles. The highest BCUT2D eigenvalue weighted by Crippen LogP contribution is 2.42. The average Bonchev–Trinajstić information content (AvgIpc) is 2.08. The topological polar surface area (TPSA) is 58.6 Å². The van der Waals surface area contributed by atoms with Crippen LogP contribution in [0.3, 0.4) is 0 Å². The third kappa shape index (κ3) is 5.53. The molecule has 0 heterocycles. The zero-order valence-corrected chi connectivity index (χ0v) is 14.2. The van der Waals surface area contributed by atoms with E-state index in [1.807, 2.05) is 20.8 Å². The number of carbonyl (C=O) groups excluding carboxylic acids is 1. The summed E-state index contributed by atoms with van der Waals surface area (Å²) in [7, 11) is -1.07. The molecule has 0 aliphatic heterocycles. The van der Waals surface area contributed by atoms with Gasteiger partial charge in [0.15, 0.2) is 0 Å². The smallest absolute Gasteiger partial charge is 0.408 e. The number of hydrogen-bond acceptors (Lipinski definition) is 3. The molecule has 4 nitrogen and oxygen atoms in total. The number of ether oxygens (including phenoxy) is 1. The summed E-state index contributed by atoms with van der Waals surface area (Å²) < 4.78 is 5.25. The SMILES string of the molecule is CC(C)(C)OC(=O)NC1(CO)CC(C[Si](C)(C)C)C1. The van der Waals surface area contributed by atoms with Crippen molar-refractivity contribution in [2.75, 3.05) is 6.61 Å². The van der Waals surface area contributed by atoms with Crippen LogP contribution in [0.2, 0.25) is 25.7 Å². The van der Waals surface area contributed by atoms with Crippen molar-refractivity contribution < 1.29 is 14.6 Å². The zero-order valence-electron chi connectivity index (χ0n) is 13.2. The summed E-state index contributed by atoms with van der Waals surface area (Å²) in [6.45, 7) is 12.6. The van der Waals surface area contributed by atoms with E-state index in [0.717, 1.165) is 12.8 Å². The molecule has 19 heavy (non-hydrogen) atoms. The third-order valence-corrected chi connectivity index (χ3v) is 5.13. The highest BCUT2D eigenvalue weighted by Gasteiger charge is 2.46. The fraction of sp³-hybridized carbons (Fsp3) is 0.929. The Morgan fingerprint density at radius 2 is 1.89 bits per heavy atom. The molecule has 5 heteroatoms. The van der Waals surface area contributed by atoms with Crippen molar-refractivity contribution >= 4 is 14.2 Å². The zero-order chi connectivity index (χ0) is 14.9. The maximum atomic E-state index is 11.8. The molecule has 0 saturated heterocycles. The Balaban J connectivity index is 2.46. The summed E-state index contributed by atoms with van der Waals surface area (Å²) in [5.41, 5.74) is -0.950. The first-order chi connectivity index (χ1) is 8.45. The Kier molecular flexibility index (Phi) is 4.73. The molecule has 0 atom stereocenters. The molecule has 112 valence electrons. The third-order valence-electron chi connectivity index (χ3n) is 3.33. The number of nitrogens with one attached hydrogen (secondary N) is 1. The monoisotopic (exact) mass is 287 g/mol. The molecular formula is C14H29NO3Si. The first-order valence-corrected chi connectivity index (χ1v) is 10.8. The van der Waals surface area contributed by atoms with Crippen molar-refractivity contribution in [2.45, 2.75) is 70.4 Å². The molecule has 0 unspecified atom stereocenters. The lowest BCUT2D eigenvalue weighted by molar-refractivity contribution is 0.0121. The van der Waals surface area contributed by atoms with Gasteiger partial charge < -0.3 is 15.2 Å². The minimum atomic E-state index is -1.07. The summed E-state index contributed by atoms with van der Waals surface area (Å²) in [5.74, 6) is 0.633. The number of carbonyl (C=O) groups is 1. The van der Waals surface area contributed by atoms with Crippen molar-refractivity contribution in [3.05, 3.63) is 0 Å². The van der Waals surface area contributed by atoms with Crippen LogP contribution in [-0.4, -0.2) is 37.0 Å². The number of hydrogen-bond donors (Lipinski definition) is 2. The number of aliphatic hydroxyl groups excluding tert-OH is 1. The van der Waals surface area contributed by atoms with Gasteiger partial charge in [-0.25, -0.2) is 4.79 Å². The molecule has 1 fully saturated rings. The van der Waals surface area contributed by atoms with Crippen LogP contribution in [0.25, 0.3) is 0 Å². The predicted octanol–water partition coefficient (Wildman–Crippen LogP) is 2.99. The van der Waals surface area contributed by atoms with E-state index in [9.17, 15) is 9.90 Å². The molecule has 1 rings (SSSR count). The molecule has 0 aromatic carbocycles. The van der Waals surface area contributed by atoms with E-state index in [0.29, 0.717) is 5.92 Å². The quantitative estimate of drug-likeness (QED) is 0.782. The summed E-state index contributed by atoms with van der Waals surface area (Å²) in [6.07, 6.45) is 1.31. The maximum absolute atomic E-state index is 11.8. The molecule has 1 amide bonds. The second kappa shape index (κ2) is 5.44. The molecule has 0 radical (unpaired) electrons. The van der Waals surface area contributed by atoms with Crippen molar-refractivity contribution in [1.82, 2.24) is 5.32 Å². The predicted molar refractivity (Wildman–Crippen MR) is 80.1 cm³/mol. The van der Waals surface area contributed by atoms with Crippen LogP contribution >= 0.6 is 0 Å². The Labute approximate surface area is 117 Å². The van der Waals surface area contributed by atoms with E-state index < -0.39 is 25.3 Å². The van der Waals surface area contributed by atoms with Gasteiger partial charge in [0.2, 0.25) is 0 Å². The number of rotatable bonds is 4. The van der Waals surface area contributed by atoms with Gasteiger partial charge in [0.1, 0.15) is 5.60 Å². The van der Waals surface area contributed by atoms with Gasteiger partial charge in [0.25, 0.3) is 0 Å².